The molecule has 2 atom stereocenters. The number of ether oxygens (including phenoxy) is 3. The molecule has 5 rings (SSSR count). The normalized spacial score (nSPS) is 29.9. The van der Waals surface area contributed by atoms with Gasteiger partial charge in [0.15, 0.2) is 17.4 Å². The summed E-state index contributed by atoms with van der Waals surface area (Å²) in [7, 11) is 0. The van der Waals surface area contributed by atoms with E-state index in [0.29, 0.717) is 31.1 Å². The van der Waals surface area contributed by atoms with Crippen molar-refractivity contribution >= 4 is 23.4 Å². The zero-order chi connectivity index (χ0) is 20.3. The van der Waals surface area contributed by atoms with Gasteiger partial charge in [-0.3, -0.25) is 0 Å². The molecule has 0 unspecified atom stereocenters. The third kappa shape index (κ3) is 2.98. The van der Waals surface area contributed by atoms with Crippen LogP contribution in [-0.4, -0.2) is 36.3 Å². The molecule has 1 aliphatic carbocycles. The molecule has 2 aromatic carbocycles. The lowest BCUT2D eigenvalue weighted by atomic mass is 9.67. The molecule has 8 heteroatoms. The monoisotopic (exact) mass is 440 g/mol. The molecule has 29 heavy (non-hydrogen) atoms. The van der Waals surface area contributed by atoms with Gasteiger partial charge in [-0.25, -0.2) is 8.78 Å². The molecule has 1 saturated carbocycles. The molecule has 3 aliphatic rings. The van der Waals surface area contributed by atoms with Gasteiger partial charge in [0.2, 0.25) is 0 Å². The second-order valence-electron chi connectivity index (χ2n) is 7.72. The Kier molecular flexibility index (Phi) is 4.60. The Morgan fingerprint density at radius 2 is 1.66 bits per heavy atom. The fourth-order valence-electron chi connectivity index (χ4n) is 4.69. The summed E-state index contributed by atoms with van der Waals surface area (Å²) in [6.45, 7) is 0.692. The maximum atomic E-state index is 15.1. The van der Waals surface area contributed by atoms with Crippen molar-refractivity contribution in [3.05, 3.63) is 58.6 Å². The molecule has 154 valence electrons. The van der Waals surface area contributed by atoms with E-state index in [2.05, 4.69) is 0 Å². The first-order valence-electron chi connectivity index (χ1n) is 9.43. The maximum Gasteiger partial charge on any atom is 0.171 e. The average molecular weight is 441 g/mol. The van der Waals surface area contributed by atoms with Crippen LogP contribution in [0.4, 0.5) is 8.78 Å². The first-order chi connectivity index (χ1) is 13.9. The highest BCUT2D eigenvalue weighted by Crippen LogP contribution is 2.63. The Morgan fingerprint density at radius 1 is 0.966 bits per heavy atom. The quantitative estimate of drug-likeness (QED) is 0.736. The Balaban J connectivity index is 1.67. The molecule has 1 spiro atoms. The van der Waals surface area contributed by atoms with Crippen molar-refractivity contribution in [3.63, 3.8) is 0 Å². The van der Waals surface area contributed by atoms with Crippen LogP contribution in [0.1, 0.15) is 24.8 Å². The number of halogens is 3. The summed E-state index contributed by atoms with van der Waals surface area (Å²) in [6.07, 6.45) is 0.884. The Bertz CT molecular complexity index is 950. The summed E-state index contributed by atoms with van der Waals surface area (Å²) in [5, 5.41) is 12.4. The number of rotatable bonds is 2. The van der Waals surface area contributed by atoms with Gasteiger partial charge in [0.1, 0.15) is 18.0 Å². The fourth-order valence-corrected chi connectivity index (χ4v) is 6.31. The fraction of sp³-hybridized carbons (Fsp3) is 0.429. The van der Waals surface area contributed by atoms with E-state index in [4.69, 9.17) is 25.8 Å². The number of fused-ring (bicyclic) bond motifs is 3. The SMILES string of the molecule is O[C@@]12COc3c(F)ccc(F)c3[C@]1(Sc1ccc(Cl)cc1)CCC1(C2)OCCO1. The predicted octanol–water partition coefficient (Wildman–Crippen LogP) is 4.66. The van der Waals surface area contributed by atoms with Gasteiger partial charge in [-0.05, 0) is 42.8 Å². The third-order valence-corrected chi connectivity index (χ3v) is 7.91. The van der Waals surface area contributed by atoms with E-state index in [1.807, 2.05) is 0 Å². The van der Waals surface area contributed by atoms with E-state index in [9.17, 15) is 9.50 Å². The molecule has 0 bridgehead atoms. The van der Waals surface area contributed by atoms with Gasteiger partial charge in [-0.1, -0.05) is 11.6 Å². The van der Waals surface area contributed by atoms with Crippen LogP contribution in [0.3, 0.4) is 0 Å². The summed E-state index contributed by atoms with van der Waals surface area (Å²) in [5.41, 5.74) is -1.47. The molecule has 2 heterocycles. The highest BCUT2D eigenvalue weighted by molar-refractivity contribution is 8.00. The van der Waals surface area contributed by atoms with E-state index in [1.165, 1.54) is 11.8 Å². The van der Waals surface area contributed by atoms with Crippen LogP contribution in [0.5, 0.6) is 5.75 Å². The van der Waals surface area contributed by atoms with Crippen LogP contribution in [0.15, 0.2) is 41.3 Å². The van der Waals surface area contributed by atoms with E-state index >= 15 is 4.39 Å². The first-order valence-corrected chi connectivity index (χ1v) is 10.6. The van der Waals surface area contributed by atoms with Crippen molar-refractivity contribution in [2.24, 2.45) is 0 Å². The van der Waals surface area contributed by atoms with Crippen molar-refractivity contribution < 1.29 is 28.1 Å². The number of hydrogen-bond acceptors (Lipinski definition) is 5. The van der Waals surface area contributed by atoms with Gasteiger partial charge >= 0.3 is 0 Å². The van der Waals surface area contributed by atoms with Crippen LogP contribution >= 0.6 is 23.4 Å². The van der Waals surface area contributed by atoms with E-state index in [-0.39, 0.29) is 24.3 Å². The topological polar surface area (TPSA) is 47.9 Å². The standard InChI is InChI=1S/C21H19ClF2O4S/c22-13-1-3-14(4-2-13)29-21-8-7-20(27-9-10-28-20)11-19(21,25)12-26-18-16(24)6-5-15(23)17(18)21/h1-6,25H,7-12H2/t19-,21+/m0/s1. The molecule has 2 aromatic rings. The highest BCUT2D eigenvalue weighted by atomic mass is 35.5. The average Bonchev–Trinajstić information content (AvgIpc) is 3.14. The maximum absolute atomic E-state index is 15.1. The lowest BCUT2D eigenvalue weighted by Crippen LogP contribution is -2.64. The van der Waals surface area contributed by atoms with Crippen molar-refractivity contribution in [1.82, 2.24) is 0 Å². The second-order valence-corrected chi connectivity index (χ2v) is 9.53. The molecule has 4 nitrogen and oxygen atoms in total. The molecule has 2 fully saturated rings. The van der Waals surface area contributed by atoms with Crippen LogP contribution in [0.25, 0.3) is 0 Å². The van der Waals surface area contributed by atoms with Gasteiger partial charge < -0.3 is 19.3 Å². The smallest absolute Gasteiger partial charge is 0.171 e. The molecule has 2 aliphatic heterocycles. The van der Waals surface area contributed by atoms with E-state index < -0.39 is 27.8 Å². The lowest BCUT2D eigenvalue weighted by molar-refractivity contribution is -0.236. The van der Waals surface area contributed by atoms with Crippen molar-refractivity contribution in [2.75, 3.05) is 19.8 Å². The van der Waals surface area contributed by atoms with Gasteiger partial charge in [0, 0.05) is 22.8 Å². The van der Waals surface area contributed by atoms with Gasteiger partial charge in [-0.2, -0.15) is 0 Å². The summed E-state index contributed by atoms with van der Waals surface area (Å²) >= 11 is 7.31. The van der Waals surface area contributed by atoms with E-state index in [0.717, 1.165) is 17.0 Å². The van der Waals surface area contributed by atoms with Gasteiger partial charge in [0.05, 0.1) is 23.5 Å². The Hall–Kier alpha value is -1.38. The van der Waals surface area contributed by atoms with Gasteiger partial charge in [0.25, 0.3) is 0 Å². The van der Waals surface area contributed by atoms with Gasteiger partial charge in [-0.15, -0.1) is 11.8 Å². The lowest BCUT2D eigenvalue weighted by Gasteiger charge is -2.56. The zero-order valence-corrected chi connectivity index (χ0v) is 17.0. The molecule has 1 N–H and O–H groups in total. The van der Waals surface area contributed by atoms with Crippen LogP contribution in [0.2, 0.25) is 5.02 Å². The minimum atomic E-state index is -1.53. The van der Waals surface area contributed by atoms with E-state index in [1.54, 1.807) is 24.3 Å². The summed E-state index contributed by atoms with van der Waals surface area (Å²) in [6, 6.07) is 9.21. The van der Waals surface area contributed by atoms with Crippen molar-refractivity contribution in [3.8, 4) is 5.75 Å². The predicted molar refractivity (Wildman–Crippen MR) is 104 cm³/mol. The van der Waals surface area contributed by atoms with Crippen LogP contribution in [-0.2, 0) is 14.2 Å². The van der Waals surface area contributed by atoms with Crippen molar-refractivity contribution in [1.29, 1.82) is 0 Å². The Morgan fingerprint density at radius 3 is 2.38 bits per heavy atom. The number of thioether (sulfide) groups is 1. The molecule has 0 aromatic heterocycles. The number of aliphatic hydroxyl groups is 1. The molecule has 0 amide bonds. The summed E-state index contributed by atoms with van der Waals surface area (Å²) in [5.74, 6) is -2.32. The largest absolute Gasteiger partial charge is 0.487 e. The van der Waals surface area contributed by atoms with Crippen molar-refractivity contribution in [2.45, 2.75) is 40.3 Å². The highest BCUT2D eigenvalue weighted by Gasteiger charge is 2.65. The summed E-state index contributed by atoms with van der Waals surface area (Å²) < 4.78 is 45.7. The number of benzene rings is 2. The first kappa shape index (κ1) is 19.6. The zero-order valence-electron chi connectivity index (χ0n) is 15.4. The summed E-state index contributed by atoms with van der Waals surface area (Å²) in [4.78, 5) is 0.786. The number of hydrogen-bond donors (Lipinski definition) is 1. The molecular formula is C21H19ClF2O4S. The Labute approximate surface area is 176 Å². The third-order valence-electron chi connectivity index (χ3n) is 6.01. The minimum Gasteiger partial charge on any atom is -0.487 e. The van der Waals surface area contributed by atoms with Crippen LogP contribution < -0.4 is 4.74 Å². The van der Waals surface area contributed by atoms with Crippen LogP contribution in [0, 0.1) is 11.6 Å². The molecule has 0 radical (unpaired) electrons. The second kappa shape index (κ2) is 6.82. The molecular weight excluding hydrogens is 422 g/mol. The molecule has 1 saturated heterocycles. The minimum absolute atomic E-state index is 0.0547.